The molecule has 1 aliphatic heterocycles. The first-order valence-corrected chi connectivity index (χ1v) is 11.2. The number of aromatic nitrogens is 3. The second-order valence-electron chi connectivity index (χ2n) is 7.34. The van der Waals surface area contributed by atoms with E-state index in [4.69, 9.17) is 4.74 Å². The molecule has 0 aliphatic carbocycles. The fraction of sp³-hybridized carbons (Fsp3) is 0.304. The number of ketones is 1. The number of ether oxygens (including phenoxy) is 1. The van der Waals surface area contributed by atoms with Crippen LogP contribution < -0.4 is 5.32 Å². The Labute approximate surface area is 185 Å². The number of Topliss-reactive ketones (excluding diaryl/α,β-unsaturated/α-hetero) is 1. The summed E-state index contributed by atoms with van der Waals surface area (Å²) in [5.74, 6) is 1.16. The maximum absolute atomic E-state index is 12.8. The van der Waals surface area contributed by atoms with Crippen molar-refractivity contribution in [3.8, 4) is 0 Å². The molecule has 0 saturated heterocycles. The Morgan fingerprint density at radius 1 is 1.16 bits per heavy atom. The highest BCUT2D eigenvalue weighted by atomic mass is 32.2. The molecular formula is C23H24N4O3S. The highest BCUT2D eigenvalue weighted by Gasteiger charge is 2.18. The van der Waals surface area contributed by atoms with Gasteiger partial charge in [-0.2, -0.15) is 0 Å². The smallest absolute Gasteiger partial charge is 0.224 e. The van der Waals surface area contributed by atoms with E-state index in [1.54, 1.807) is 13.2 Å². The van der Waals surface area contributed by atoms with Gasteiger partial charge in [-0.05, 0) is 35.7 Å². The molecule has 31 heavy (non-hydrogen) atoms. The monoisotopic (exact) mass is 436 g/mol. The summed E-state index contributed by atoms with van der Waals surface area (Å²) in [5.41, 5.74) is 3.60. The molecule has 2 heterocycles. The minimum absolute atomic E-state index is 0.0174. The summed E-state index contributed by atoms with van der Waals surface area (Å²) in [4.78, 5) is 24.3. The summed E-state index contributed by atoms with van der Waals surface area (Å²) in [6, 6.07) is 15.6. The molecule has 0 spiro atoms. The van der Waals surface area contributed by atoms with Crippen molar-refractivity contribution in [1.82, 2.24) is 14.8 Å². The molecular weight excluding hydrogens is 412 g/mol. The van der Waals surface area contributed by atoms with Crippen molar-refractivity contribution in [3.63, 3.8) is 0 Å². The molecule has 1 aromatic heterocycles. The number of rotatable bonds is 9. The van der Waals surface area contributed by atoms with E-state index in [0.29, 0.717) is 43.1 Å². The van der Waals surface area contributed by atoms with Gasteiger partial charge < -0.3 is 14.6 Å². The number of thioether (sulfide) groups is 1. The van der Waals surface area contributed by atoms with Crippen molar-refractivity contribution in [1.29, 1.82) is 0 Å². The Balaban J connectivity index is 1.46. The Hall–Kier alpha value is -2.97. The molecule has 1 amide bonds. The lowest BCUT2D eigenvalue weighted by Crippen LogP contribution is -2.19. The first-order chi connectivity index (χ1) is 15.1. The van der Waals surface area contributed by atoms with E-state index in [0.717, 1.165) is 22.6 Å². The maximum Gasteiger partial charge on any atom is 0.224 e. The zero-order valence-electron chi connectivity index (χ0n) is 17.3. The second kappa shape index (κ2) is 9.89. The molecule has 0 saturated carbocycles. The van der Waals surface area contributed by atoms with Crippen LogP contribution in [0.4, 0.5) is 5.69 Å². The van der Waals surface area contributed by atoms with Crippen LogP contribution in [0.5, 0.6) is 0 Å². The van der Waals surface area contributed by atoms with Crippen molar-refractivity contribution in [2.75, 3.05) is 24.8 Å². The zero-order valence-corrected chi connectivity index (χ0v) is 18.2. The van der Waals surface area contributed by atoms with Crippen LogP contribution in [-0.4, -0.2) is 45.9 Å². The molecule has 0 atom stereocenters. The quantitative estimate of drug-likeness (QED) is 0.409. The standard InChI is InChI=1S/C23H24N4O3S/c1-30-12-11-27-21(13-16-5-3-2-4-6-16)25-26-23(27)31-15-20(28)18-7-9-19-17(14-18)8-10-22(29)24-19/h2-7,9,14H,8,10-13,15H2,1H3,(H,24,29). The number of aryl methyl sites for hydroxylation is 1. The van der Waals surface area contributed by atoms with Gasteiger partial charge in [0, 0.05) is 37.7 Å². The number of hydrogen-bond acceptors (Lipinski definition) is 6. The molecule has 4 rings (SSSR count). The van der Waals surface area contributed by atoms with E-state index in [1.807, 2.05) is 34.9 Å². The van der Waals surface area contributed by atoms with Crippen LogP contribution in [0, 0.1) is 0 Å². The molecule has 0 radical (unpaired) electrons. The third kappa shape index (κ3) is 5.21. The van der Waals surface area contributed by atoms with Gasteiger partial charge in [-0.1, -0.05) is 42.1 Å². The highest BCUT2D eigenvalue weighted by Crippen LogP contribution is 2.25. The average Bonchev–Trinajstić information content (AvgIpc) is 3.17. The molecule has 1 N–H and O–H groups in total. The molecule has 8 heteroatoms. The molecule has 7 nitrogen and oxygen atoms in total. The SMILES string of the molecule is COCCn1c(Cc2ccccc2)nnc1SCC(=O)c1ccc2c(c1)CCC(=O)N2. The van der Waals surface area contributed by atoms with Crippen LogP contribution in [0.3, 0.4) is 0 Å². The van der Waals surface area contributed by atoms with Crippen LogP contribution >= 0.6 is 11.8 Å². The number of carbonyl (C=O) groups is 2. The Kier molecular flexibility index (Phi) is 6.79. The molecule has 0 bridgehead atoms. The first kappa shape index (κ1) is 21.3. The van der Waals surface area contributed by atoms with Crippen molar-refractivity contribution in [2.45, 2.75) is 31.0 Å². The van der Waals surface area contributed by atoms with Gasteiger partial charge in [-0.25, -0.2) is 0 Å². The second-order valence-corrected chi connectivity index (χ2v) is 8.28. The number of nitrogens with zero attached hydrogens (tertiary/aromatic N) is 3. The van der Waals surface area contributed by atoms with Gasteiger partial charge in [-0.3, -0.25) is 9.59 Å². The average molecular weight is 437 g/mol. The minimum Gasteiger partial charge on any atom is -0.383 e. The lowest BCUT2D eigenvalue weighted by atomic mass is 9.99. The maximum atomic E-state index is 12.8. The molecule has 0 fully saturated rings. The number of anilines is 1. The molecule has 2 aromatic carbocycles. The van der Waals surface area contributed by atoms with Gasteiger partial charge in [0.25, 0.3) is 0 Å². The Morgan fingerprint density at radius 2 is 2.00 bits per heavy atom. The number of benzene rings is 2. The fourth-order valence-corrected chi connectivity index (χ4v) is 4.39. The topological polar surface area (TPSA) is 86.1 Å². The lowest BCUT2D eigenvalue weighted by molar-refractivity contribution is -0.116. The fourth-order valence-electron chi connectivity index (χ4n) is 3.51. The predicted molar refractivity (Wildman–Crippen MR) is 120 cm³/mol. The van der Waals surface area contributed by atoms with Gasteiger partial charge in [0.2, 0.25) is 5.91 Å². The zero-order chi connectivity index (χ0) is 21.6. The normalized spacial score (nSPS) is 13.0. The van der Waals surface area contributed by atoms with E-state index in [2.05, 4.69) is 27.6 Å². The molecule has 160 valence electrons. The summed E-state index contributed by atoms with van der Waals surface area (Å²) in [6.45, 7) is 1.17. The van der Waals surface area contributed by atoms with E-state index < -0.39 is 0 Å². The van der Waals surface area contributed by atoms with Crippen molar-refractivity contribution in [2.24, 2.45) is 0 Å². The lowest BCUT2D eigenvalue weighted by Gasteiger charge is -2.17. The van der Waals surface area contributed by atoms with Gasteiger partial charge in [0.05, 0.1) is 12.4 Å². The predicted octanol–water partition coefficient (Wildman–Crippen LogP) is 3.38. The third-order valence-electron chi connectivity index (χ3n) is 5.17. The molecule has 0 unspecified atom stereocenters. The van der Waals surface area contributed by atoms with Crippen molar-refractivity contribution in [3.05, 3.63) is 71.0 Å². The first-order valence-electron chi connectivity index (χ1n) is 10.2. The Bertz CT molecular complexity index is 1080. The summed E-state index contributed by atoms with van der Waals surface area (Å²) >= 11 is 1.38. The van der Waals surface area contributed by atoms with E-state index >= 15 is 0 Å². The van der Waals surface area contributed by atoms with E-state index in [1.165, 1.54) is 11.8 Å². The molecule has 1 aliphatic rings. The van der Waals surface area contributed by atoms with Crippen molar-refractivity contribution >= 4 is 29.1 Å². The van der Waals surface area contributed by atoms with Gasteiger partial charge >= 0.3 is 0 Å². The summed E-state index contributed by atoms with van der Waals surface area (Å²) in [5, 5.41) is 12.2. The van der Waals surface area contributed by atoms with Gasteiger partial charge in [0.15, 0.2) is 10.9 Å². The number of amides is 1. The Morgan fingerprint density at radius 3 is 2.81 bits per heavy atom. The summed E-state index contributed by atoms with van der Waals surface area (Å²) in [7, 11) is 1.66. The number of carbonyl (C=O) groups excluding carboxylic acids is 2. The van der Waals surface area contributed by atoms with E-state index in [9.17, 15) is 9.59 Å². The van der Waals surface area contributed by atoms with Crippen LogP contribution in [0.1, 0.15) is 33.7 Å². The van der Waals surface area contributed by atoms with E-state index in [-0.39, 0.29) is 17.4 Å². The van der Waals surface area contributed by atoms with Crippen LogP contribution in [0.2, 0.25) is 0 Å². The summed E-state index contributed by atoms with van der Waals surface area (Å²) in [6.07, 6.45) is 1.78. The van der Waals surface area contributed by atoms with Crippen LogP contribution in [-0.2, 0) is 28.9 Å². The largest absolute Gasteiger partial charge is 0.383 e. The number of hydrogen-bond donors (Lipinski definition) is 1. The minimum atomic E-state index is 0.0174. The van der Waals surface area contributed by atoms with Crippen LogP contribution in [0.15, 0.2) is 53.7 Å². The van der Waals surface area contributed by atoms with Crippen LogP contribution in [0.25, 0.3) is 0 Å². The van der Waals surface area contributed by atoms with Gasteiger partial charge in [-0.15, -0.1) is 10.2 Å². The third-order valence-corrected chi connectivity index (χ3v) is 6.14. The van der Waals surface area contributed by atoms with Gasteiger partial charge in [0.1, 0.15) is 5.82 Å². The molecule has 3 aromatic rings. The summed E-state index contributed by atoms with van der Waals surface area (Å²) < 4.78 is 7.27. The van der Waals surface area contributed by atoms with Crippen molar-refractivity contribution < 1.29 is 14.3 Å². The number of methoxy groups -OCH3 is 1. The number of fused-ring (bicyclic) bond motifs is 1. The highest BCUT2D eigenvalue weighted by molar-refractivity contribution is 7.99. The number of nitrogens with one attached hydrogen (secondary N) is 1.